The first-order valence-corrected chi connectivity index (χ1v) is 7.32. The van der Waals surface area contributed by atoms with Gasteiger partial charge in [0, 0.05) is 11.8 Å². The molecular formula is C16H17ClFN3O. The van der Waals surface area contributed by atoms with Crippen LogP contribution in [-0.2, 0) is 0 Å². The lowest BCUT2D eigenvalue weighted by atomic mass is 9.83. The number of aliphatic hydroxyl groups is 1. The van der Waals surface area contributed by atoms with Gasteiger partial charge in [0.15, 0.2) is 0 Å². The van der Waals surface area contributed by atoms with Gasteiger partial charge < -0.3 is 10.4 Å². The number of benzene rings is 1. The molecule has 0 saturated carbocycles. The normalized spacial score (nSPS) is 20.6. The van der Waals surface area contributed by atoms with Crippen molar-refractivity contribution in [2.75, 3.05) is 5.32 Å². The third-order valence-corrected chi connectivity index (χ3v) is 4.50. The van der Waals surface area contributed by atoms with Crippen LogP contribution in [0.4, 0.5) is 10.3 Å². The molecule has 0 bridgehead atoms. The third kappa shape index (κ3) is 2.30. The smallest absolute Gasteiger partial charge is 0.208 e. The van der Waals surface area contributed by atoms with Gasteiger partial charge in [-0.25, -0.2) is 9.37 Å². The molecule has 3 rings (SSSR count). The van der Waals surface area contributed by atoms with E-state index in [4.69, 9.17) is 11.6 Å². The summed E-state index contributed by atoms with van der Waals surface area (Å²) in [4.78, 5) is 4.35. The Bertz CT molecular complexity index is 763. The Morgan fingerprint density at radius 2 is 2.14 bits per heavy atom. The molecule has 2 N–H and O–H groups in total. The predicted molar refractivity (Wildman–Crippen MR) is 86.3 cm³/mol. The second kappa shape index (κ2) is 4.83. The minimum atomic E-state index is -0.958. The van der Waals surface area contributed by atoms with Crippen molar-refractivity contribution in [3.8, 4) is 11.3 Å². The number of rotatable bonds is 2. The molecule has 0 spiro atoms. The zero-order chi connectivity index (χ0) is 16.1. The van der Waals surface area contributed by atoms with Gasteiger partial charge in [0.2, 0.25) is 5.95 Å². The summed E-state index contributed by atoms with van der Waals surface area (Å²) in [5, 5.41) is 13.6. The van der Waals surface area contributed by atoms with Gasteiger partial charge in [-0.2, -0.15) is 0 Å². The molecule has 1 aliphatic heterocycles. The van der Waals surface area contributed by atoms with E-state index < -0.39 is 17.0 Å². The fraction of sp³-hybridized carbons (Fsp3) is 0.312. The highest BCUT2D eigenvalue weighted by molar-refractivity contribution is 6.31. The quantitative estimate of drug-likeness (QED) is 0.885. The van der Waals surface area contributed by atoms with Crippen molar-refractivity contribution in [3.63, 3.8) is 0 Å². The highest BCUT2D eigenvalue weighted by Crippen LogP contribution is 2.35. The highest BCUT2D eigenvalue weighted by atomic mass is 35.5. The number of fused-ring (bicyclic) bond motifs is 1. The lowest BCUT2D eigenvalue weighted by Gasteiger charge is -2.41. The number of aromatic nitrogens is 2. The number of nitrogens with one attached hydrogen (secondary N) is 1. The first kappa shape index (κ1) is 15.1. The molecule has 4 nitrogen and oxygen atoms in total. The summed E-state index contributed by atoms with van der Waals surface area (Å²) in [7, 11) is 0. The average Bonchev–Trinajstić information content (AvgIpc) is 2.83. The number of anilines is 1. The molecule has 0 aliphatic carbocycles. The third-order valence-electron chi connectivity index (χ3n) is 4.21. The van der Waals surface area contributed by atoms with Crippen LogP contribution in [0.15, 0.2) is 30.5 Å². The van der Waals surface area contributed by atoms with E-state index in [2.05, 4.69) is 10.3 Å². The second-order valence-corrected chi connectivity index (χ2v) is 6.58. The van der Waals surface area contributed by atoms with Crippen LogP contribution in [0.3, 0.4) is 0 Å². The van der Waals surface area contributed by atoms with Gasteiger partial charge in [-0.3, -0.25) is 4.57 Å². The van der Waals surface area contributed by atoms with Gasteiger partial charge in [0.25, 0.3) is 0 Å². The monoisotopic (exact) mass is 321 g/mol. The second-order valence-electron chi connectivity index (χ2n) is 6.17. The first-order valence-electron chi connectivity index (χ1n) is 6.94. The molecule has 0 fully saturated rings. The molecule has 2 heterocycles. The maximum Gasteiger partial charge on any atom is 0.208 e. The fourth-order valence-electron chi connectivity index (χ4n) is 2.33. The van der Waals surface area contributed by atoms with Crippen molar-refractivity contribution in [1.82, 2.24) is 9.55 Å². The lowest BCUT2D eigenvalue weighted by molar-refractivity contribution is 0.0353. The number of imidazole rings is 1. The maximum atomic E-state index is 13.3. The van der Waals surface area contributed by atoms with Gasteiger partial charge in [-0.1, -0.05) is 11.6 Å². The lowest BCUT2D eigenvalue weighted by Crippen LogP contribution is -2.53. The van der Waals surface area contributed by atoms with E-state index in [1.54, 1.807) is 32.2 Å². The van der Waals surface area contributed by atoms with Gasteiger partial charge >= 0.3 is 0 Å². The van der Waals surface area contributed by atoms with E-state index in [0.29, 0.717) is 5.95 Å². The summed E-state index contributed by atoms with van der Waals surface area (Å²) in [5.41, 5.74) is -0.0338. The van der Waals surface area contributed by atoms with E-state index in [1.165, 1.54) is 6.07 Å². The molecule has 116 valence electrons. The van der Waals surface area contributed by atoms with E-state index in [-0.39, 0.29) is 5.02 Å². The van der Waals surface area contributed by atoms with Crippen LogP contribution < -0.4 is 5.32 Å². The Labute approximate surface area is 133 Å². The van der Waals surface area contributed by atoms with E-state index >= 15 is 0 Å². The van der Waals surface area contributed by atoms with E-state index in [9.17, 15) is 9.50 Å². The molecule has 1 aromatic carbocycles. The molecule has 0 radical (unpaired) electrons. The Kier molecular flexibility index (Phi) is 3.30. The Hall–Kier alpha value is -1.85. The summed E-state index contributed by atoms with van der Waals surface area (Å²) in [6, 6.07) is 4.56. The number of hydrogen-bond acceptors (Lipinski definition) is 3. The first-order chi connectivity index (χ1) is 10.2. The van der Waals surface area contributed by atoms with Gasteiger partial charge in [0.1, 0.15) is 5.82 Å². The van der Waals surface area contributed by atoms with Crippen molar-refractivity contribution >= 4 is 23.7 Å². The minimum absolute atomic E-state index is 0.0714. The van der Waals surface area contributed by atoms with Crippen molar-refractivity contribution in [2.24, 2.45) is 0 Å². The number of hydrogen-bond donors (Lipinski definition) is 2. The summed E-state index contributed by atoms with van der Waals surface area (Å²) in [6.45, 7) is 5.38. The number of nitrogens with zero attached hydrogens (tertiary/aromatic N) is 2. The molecule has 2 aromatic rings. The largest absolute Gasteiger partial charge is 0.388 e. The molecular weight excluding hydrogens is 305 g/mol. The maximum absolute atomic E-state index is 13.3. The molecule has 1 atom stereocenters. The predicted octanol–water partition coefficient (Wildman–Crippen LogP) is 3.77. The molecule has 6 heteroatoms. The Morgan fingerprint density at radius 1 is 1.41 bits per heavy atom. The zero-order valence-corrected chi connectivity index (χ0v) is 13.3. The van der Waals surface area contributed by atoms with Crippen molar-refractivity contribution in [3.05, 3.63) is 41.3 Å². The van der Waals surface area contributed by atoms with Crippen molar-refractivity contribution < 1.29 is 9.50 Å². The average molecular weight is 322 g/mol. The summed E-state index contributed by atoms with van der Waals surface area (Å²) < 4.78 is 15.1. The SMILES string of the molecule is CC(C)(O)C1(C)C=Cn2c(-c3ccc(F)c(Cl)c3)cnc2N1. The van der Waals surface area contributed by atoms with Crippen LogP contribution in [0.5, 0.6) is 0 Å². The highest BCUT2D eigenvalue weighted by Gasteiger charge is 2.40. The molecule has 1 unspecified atom stereocenters. The van der Waals surface area contributed by atoms with E-state index in [0.717, 1.165) is 11.3 Å². The molecule has 1 aromatic heterocycles. The molecule has 0 saturated heterocycles. The van der Waals surface area contributed by atoms with Gasteiger partial charge in [-0.05, 0) is 45.0 Å². The van der Waals surface area contributed by atoms with E-state index in [1.807, 2.05) is 23.8 Å². The Morgan fingerprint density at radius 3 is 2.77 bits per heavy atom. The summed E-state index contributed by atoms with van der Waals surface area (Å²) in [5.74, 6) is 0.162. The van der Waals surface area contributed by atoms with Crippen LogP contribution in [0.1, 0.15) is 20.8 Å². The van der Waals surface area contributed by atoms with Crippen LogP contribution >= 0.6 is 11.6 Å². The standard InChI is InChI=1S/C16H17ClFN3O/c1-15(2,22)16(3)6-7-21-13(9-19-14(21)20-16)10-4-5-12(18)11(17)8-10/h4-9,22H,1-3H3,(H,19,20). The van der Waals surface area contributed by atoms with Crippen LogP contribution in [0, 0.1) is 5.82 Å². The van der Waals surface area contributed by atoms with Crippen LogP contribution in [-0.4, -0.2) is 25.8 Å². The number of halogens is 2. The van der Waals surface area contributed by atoms with Crippen LogP contribution in [0.25, 0.3) is 17.5 Å². The van der Waals surface area contributed by atoms with Gasteiger partial charge in [0.05, 0.1) is 28.1 Å². The molecule has 0 amide bonds. The molecule has 22 heavy (non-hydrogen) atoms. The Balaban J connectivity index is 2.03. The van der Waals surface area contributed by atoms with Crippen LogP contribution in [0.2, 0.25) is 5.02 Å². The summed E-state index contributed by atoms with van der Waals surface area (Å²) in [6.07, 6.45) is 5.42. The zero-order valence-electron chi connectivity index (χ0n) is 12.6. The van der Waals surface area contributed by atoms with Gasteiger partial charge in [-0.15, -0.1) is 0 Å². The molecule has 1 aliphatic rings. The van der Waals surface area contributed by atoms with Crippen molar-refractivity contribution in [2.45, 2.75) is 31.9 Å². The fourth-order valence-corrected chi connectivity index (χ4v) is 2.51. The summed E-state index contributed by atoms with van der Waals surface area (Å²) >= 11 is 5.85. The minimum Gasteiger partial charge on any atom is -0.388 e. The van der Waals surface area contributed by atoms with Crippen molar-refractivity contribution in [1.29, 1.82) is 0 Å². The topological polar surface area (TPSA) is 50.1 Å².